The zero-order valence-electron chi connectivity index (χ0n) is 12.6. The van der Waals surface area contributed by atoms with Crippen LogP contribution in [-0.2, 0) is 6.42 Å². The molecule has 3 nitrogen and oxygen atoms in total. The molecular formula is C16H25BrN2O. The van der Waals surface area contributed by atoms with Crippen LogP contribution in [0, 0.1) is 11.3 Å². The average molecular weight is 341 g/mol. The maximum atomic E-state index is 5.85. The van der Waals surface area contributed by atoms with Gasteiger partial charge < -0.3 is 4.74 Å². The second-order valence-electron chi connectivity index (χ2n) is 6.42. The number of ether oxygens (including phenoxy) is 1. The zero-order valence-corrected chi connectivity index (χ0v) is 14.2. The number of benzene rings is 1. The molecule has 0 saturated heterocycles. The van der Waals surface area contributed by atoms with Gasteiger partial charge in [0.1, 0.15) is 5.75 Å². The Kier molecular flexibility index (Phi) is 5.10. The third-order valence-electron chi connectivity index (χ3n) is 4.72. The molecule has 112 valence electrons. The Balaban J connectivity index is 2.20. The Hall–Kier alpha value is -0.580. The third kappa shape index (κ3) is 3.35. The number of halogens is 1. The predicted molar refractivity (Wildman–Crippen MR) is 86.6 cm³/mol. The van der Waals surface area contributed by atoms with E-state index in [0.29, 0.717) is 11.3 Å². The molecular weight excluding hydrogens is 316 g/mol. The van der Waals surface area contributed by atoms with E-state index in [1.807, 2.05) is 12.1 Å². The van der Waals surface area contributed by atoms with Gasteiger partial charge in [0.2, 0.25) is 0 Å². The van der Waals surface area contributed by atoms with Gasteiger partial charge in [-0.3, -0.25) is 11.3 Å². The van der Waals surface area contributed by atoms with Crippen LogP contribution in [0.3, 0.4) is 0 Å². The summed E-state index contributed by atoms with van der Waals surface area (Å²) >= 11 is 3.54. The fraction of sp³-hybridized carbons (Fsp3) is 0.625. The summed E-state index contributed by atoms with van der Waals surface area (Å²) in [5.41, 5.74) is 4.61. The molecule has 0 aliphatic heterocycles. The van der Waals surface area contributed by atoms with Crippen molar-refractivity contribution in [3.05, 3.63) is 28.2 Å². The van der Waals surface area contributed by atoms with Crippen LogP contribution in [0.5, 0.6) is 5.75 Å². The lowest BCUT2D eigenvalue weighted by molar-refractivity contribution is 0.195. The molecule has 4 heteroatoms. The normalized spacial score (nSPS) is 22.8. The summed E-state index contributed by atoms with van der Waals surface area (Å²) in [6, 6.07) is 6.43. The van der Waals surface area contributed by atoms with Crippen LogP contribution in [0.1, 0.15) is 38.7 Å². The van der Waals surface area contributed by atoms with Gasteiger partial charge in [-0.15, -0.1) is 0 Å². The molecule has 1 fully saturated rings. The average Bonchev–Trinajstić information content (AvgIpc) is 2.76. The van der Waals surface area contributed by atoms with E-state index in [1.54, 1.807) is 7.11 Å². The summed E-state index contributed by atoms with van der Waals surface area (Å²) in [4.78, 5) is 0. The van der Waals surface area contributed by atoms with Gasteiger partial charge in [0.25, 0.3) is 0 Å². The standard InChI is InChI=1S/C16H25BrN2O/c1-16(2)8-4-5-13(16)14(19-18)10-11-9-12(17)6-7-15(11)20-3/h6-7,9,13-14,19H,4-5,8,10,18H2,1-3H3. The molecule has 3 N–H and O–H groups in total. The maximum absolute atomic E-state index is 5.85. The molecule has 0 heterocycles. The van der Waals surface area contributed by atoms with Crippen molar-refractivity contribution < 1.29 is 4.74 Å². The molecule has 2 rings (SSSR count). The summed E-state index contributed by atoms with van der Waals surface area (Å²) in [7, 11) is 1.72. The van der Waals surface area contributed by atoms with Crippen LogP contribution in [0.2, 0.25) is 0 Å². The molecule has 0 spiro atoms. The number of hydrogen-bond donors (Lipinski definition) is 2. The van der Waals surface area contributed by atoms with Crippen LogP contribution >= 0.6 is 15.9 Å². The van der Waals surface area contributed by atoms with Crippen molar-refractivity contribution >= 4 is 15.9 Å². The zero-order chi connectivity index (χ0) is 14.8. The Bertz CT molecular complexity index is 462. The fourth-order valence-electron chi connectivity index (χ4n) is 3.56. The van der Waals surface area contributed by atoms with E-state index in [0.717, 1.165) is 16.6 Å². The maximum Gasteiger partial charge on any atom is 0.122 e. The monoisotopic (exact) mass is 340 g/mol. The number of nitrogens with one attached hydrogen (secondary N) is 1. The summed E-state index contributed by atoms with van der Waals surface area (Å²) in [5, 5.41) is 0. The van der Waals surface area contributed by atoms with E-state index in [2.05, 4.69) is 41.3 Å². The topological polar surface area (TPSA) is 47.3 Å². The number of methoxy groups -OCH3 is 1. The highest BCUT2D eigenvalue weighted by atomic mass is 79.9. The molecule has 0 bridgehead atoms. The van der Waals surface area contributed by atoms with Crippen molar-refractivity contribution in [2.75, 3.05) is 7.11 Å². The molecule has 1 saturated carbocycles. The molecule has 0 radical (unpaired) electrons. The SMILES string of the molecule is COc1ccc(Br)cc1CC(NN)C1CCCC1(C)C. The van der Waals surface area contributed by atoms with Crippen LogP contribution in [-0.4, -0.2) is 13.2 Å². The summed E-state index contributed by atoms with van der Waals surface area (Å²) < 4.78 is 6.55. The van der Waals surface area contributed by atoms with Gasteiger partial charge in [0.15, 0.2) is 0 Å². The van der Waals surface area contributed by atoms with Crippen LogP contribution in [0.15, 0.2) is 22.7 Å². The number of hydrazine groups is 1. The Labute approximate surface area is 130 Å². The highest BCUT2D eigenvalue weighted by molar-refractivity contribution is 9.10. The fourth-order valence-corrected chi connectivity index (χ4v) is 3.97. The number of rotatable bonds is 5. The van der Waals surface area contributed by atoms with Gasteiger partial charge in [-0.05, 0) is 54.4 Å². The van der Waals surface area contributed by atoms with Crippen molar-refractivity contribution in [1.82, 2.24) is 5.43 Å². The molecule has 2 atom stereocenters. The van der Waals surface area contributed by atoms with Gasteiger partial charge in [-0.25, -0.2) is 0 Å². The van der Waals surface area contributed by atoms with Crippen molar-refractivity contribution in [3.63, 3.8) is 0 Å². The van der Waals surface area contributed by atoms with E-state index in [-0.39, 0.29) is 6.04 Å². The lowest BCUT2D eigenvalue weighted by Gasteiger charge is -2.34. The van der Waals surface area contributed by atoms with Crippen LogP contribution in [0.25, 0.3) is 0 Å². The summed E-state index contributed by atoms with van der Waals surface area (Å²) in [6.07, 6.45) is 4.72. The minimum absolute atomic E-state index is 0.288. The van der Waals surface area contributed by atoms with E-state index < -0.39 is 0 Å². The Morgan fingerprint density at radius 1 is 1.50 bits per heavy atom. The molecule has 1 aliphatic carbocycles. The molecule has 20 heavy (non-hydrogen) atoms. The van der Waals surface area contributed by atoms with E-state index in [1.165, 1.54) is 24.8 Å². The minimum Gasteiger partial charge on any atom is -0.496 e. The Morgan fingerprint density at radius 3 is 2.80 bits per heavy atom. The number of hydrogen-bond acceptors (Lipinski definition) is 3. The summed E-state index contributed by atoms with van der Waals surface area (Å²) in [5.74, 6) is 7.39. The third-order valence-corrected chi connectivity index (χ3v) is 5.22. The molecule has 2 unspecified atom stereocenters. The van der Waals surface area contributed by atoms with E-state index in [4.69, 9.17) is 10.6 Å². The second kappa shape index (κ2) is 6.46. The van der Waals surface area contributed by atoms with Gasteiger partial charge in [-0.1, -0.05) is 36.2 Å². The lowest BCUT2D eigenvalue weighted by atomic mass is 9.76. The quantitative estimate of drug-likeness (QED) is 0.635. The highest BCUT2D eigenvalue weighted by Gasteiger charge is 2.39. The molecule has 1 aromatic rings. The predicted octanol–water partition coefficient (Wildman–Crippen LogP) is 3.66. The first-order chi connectivity index (χ1) is 9.47. The molecule has 0 amide bonds. The van der Waals surface area contributed by atoms with Gasteiger partial charge in [0.05, 0.1) is 7.11 Å². The summed E-state index contributed by atoms with van der Waals surface area (Å²) in [6.45, 7) is 4.71. The van der Waals surface area contributed by atoms with E-state index in [9.17, 15) is 0 Å². The smallest absolute Gasteiger partial charge is 0.122 e. The Morgan fingerprint density at radius 2 is 2.25 bits per heavy atom. The minimum atomic E-state index is 0.288. The van der Waals surface area contributed by atoms with Gasteiger partial charge >= 0.3 is 0 Å². The van der Waals surface area contributed by atoms with Gasteiger partial charge in [-0.2, -0.15) is 0 Å². The van der Waals surface area contributed by atoms with E-state index >= 15 is 0 Å². The van der Waals surface area contributed by atoms with Crippen molar-refractivity contribution in [3.8, 4) is 5.75 Å². The first kappa shape index (κ1) is 15.8. The van der Waals surface area contributed by atoms with Crippen molar-refractivity contribution in [1.29, 1.82) is 0 Å². The highest BCUT2D eigenvalue weighted by Crippen LogP contribution is 2.45. The molecule has 1 aromatic carbocycles. The largest absolute Gasteiger partial charge is 0.496 e. The van der Waals surface area contributed by atoms with Crippen molar-refractivity contribution in [2.24, 2.45) is 17.2 Å². The molecule has 1 aliphatic rings. The first-order valence-electron chi connectivity index (χ1n) is 7.26. The van der Waals surface area contributed by atoms with Crippen LogP contribution < -0.4 is 16.0 Å². The number of nitrogens with two attached hydrogens (primary N) is 1. The van der Waals surface area contributed by atoms with Gasteiger partial charge in [0, 0.05) is 10.5 Å². The second-order valence-corrected chi connectivity index (χ2v) is 7.34. The van der Waals surface area contributed by atoms with Crippen LogP contribution in [0.4, 0.5) is 0 Å². The molecule has 0 aromatic heterocycles. The first-order valence-corrected chi connectivity index (χ1v) is 8.06. The van der Waals surface area contributed by atoms with Crippen molar-refractivity contribution in [2.45, 2.75) is 45.6 Å². The lowest BCUT2D eigenvalue weighted by Crippen LogP contribution is -2.45.